The molecule has 0 bridgehead atoms. The zero-order valence-electron chi connectivity index (χ0n) is 16.1. The summed E-state index contributed by atoms with van der Waals surface area (Å²) < 4.78 is 0. The summed E-state index contributed by atoms with van der Waals surface area (Å²) in [5.41, 5.74) is 6.91. The smallest absolute Gasteiger partial charge is 0.0568 e. The lowest BCUT2D eigenvalue weighted by Crippen LogP contribution is -1.85. The lowest BCUT2D eigenvalue weighted by Gasteiger charge is -2.05. The molecule has 0 N–H and O–H groups in total. The van der Waals surface area contributed by atoms with Gasteiger partial charge in [-0.3, -0.25) is 0 Å². The summed E-state index contributed by atoms with van der Waals surface area (Å²) in [6, 6.07) is 23.3. The van der Waals surface area contributed by atoms with Crippen molar-refractivity contribution in [1.29, 1.82) is 0 Å². The molecule has 136 valence electrons. The molecule has 0 nitrogen and oxygen atoms in total. The van der Waals surface area contributed by atoms with Crippen LogP contribution in [0.25, 0.3) is 11.1 Å². The highest BCUT2D eigenvalue weighted by atomic mass is 35.5. The van der Waals surface area contributed by atoms with Crippen molar-refractivity contribution in [2.24, 2.45) is 0 Å². The van der Waals surface area contributed by atoms with Crippen molar-refractivity contribution < 1.29 is 0 Å². The minimum absolute atomic E-state index is 0.695. The Bertz CT molecular complexity index is 938. The van der Waals surface area contributed by atoms with Gasteiger partial charge in [-0.25, -0.2) is 0 Å². The molecule has 3 rings (SSSR count). The Kier molecular flexibility index (Phi) is 6.74. The summed E-state index contributed by atoms with van der Waals surface area (Å²) in [5.74, 6) is 6.42. The molecule has 0 atom stereocenters. The molecule has 0 saturated carbocycles. The Hall–Kier alpha value is -2.49. The molecule has 0 unspecified atom stereocenters. The lowest BCUT2D eigenvalue weighted by atomic mass is 10.0. The quantitative estimate of drug-likeness (QED) is 0.412. The van der Waals surface area contributed by atoms with E-state index in [-0.39, 0.29) is 0 Å². The van der Waals surface area contributed by atoms with Crippen LogP contribution in [-0.2, 0) is 12.8 Å². The Morgan fingerprint density at radius 3 is 1.78 bits per heavy atom. The van der Waals surface area contributed by atoms with Crippen molar-refractivity contribution in [2.75, 3.05) is 0 Å². The molecule has 0 saturated heterocycles. The first-order valence-corrected chi connectivity index (χ1v) is 10.1. The highest BCUT2D eigenvalue weighted by Gasteiger charge is 2.03. The molecule has 0 aliphatic rings. The second-order valence-electron chi connectivity index (χ2n) is 6.84. The molecule has 0 fully saturated rings. The highest BCUT2D eigenvalue weighted by molar-refractivity contribution is 6.32. The van der Waals surface area contributed by atoms with Crippen molar-refractivity contribution in [1.82, 2.24) is 0 Å². The van der Waals surface area contributed by atoms with Crippen LogP contribution in [0.3, 0.4) is 0 Å². The normalized spacial score (nSPS) is 10.3. The number of halogens is 1. The van der Waals surface area contributed by atoms with Crippen LogP contribution in [0.15, 0.2) is 66.7 Å². The molecule has 0 heterocycles. The lowest BCUT2D eigenvalue weighted by molar-refractivity contribution is 0.922. The third kappa shape index (κ3) is 5.25. The van der Waals surface area contributed by atoms with E-state index in [0.29, 0.717) is 5.02 Å². The van der Waals surface area contributed by atoms with Crippen LogP contribution in [0.4, 0.5) is 0 Å². The van der Waals surface area contributed by atoms with Gasteiger partial charge in [-0.15, -0.1) is 0 Å². The van der Waals surface area contributed by atoms with Gasteiger partial charge in [-0.1, -0.05) is 92.6 Å². The van der Waals surface area contributed by atoms with Gasteiger partial charge in [-0.2, -0.15) is 0 Å². The summed E-state index contributed by atoms with van der Waals surface area (Å²) in [7, 11) is 0. The number of aryl methyl sites for hydroxylation is 2. The summed E-state index contributed by atoms with van der Waals surface area (Å²) >= 11 is 6.49. The predicted molar refractivity (Wildman–Crippen MR) is 117 cm³/mol. The van der Waals surface area contributed by atoms with E-state index >= 15 is 0 Å². The molecule has 3 aromatic rings. The molecule has 1 heteroatoms. The molecule has 0 aliphatic carbocycles. The number of rotatable bonds is 5. The average molecular weight is 373 g/mol. The van der Waals surface area contributed by atoms with Crippen molar-refractivity contribution in [2.45, 2.75) is 39.5 Å². The van der Waals surface area contributed by atoms with Gasteiger partial charge >= 0.3 is 0 Å². The number of hydrogen-bond acceptors (Lipinski definition) is 0. The van der Waals surface area contributed by atoms with Gasteiger partial charge in [0.2, 0.25) is 0 Å². The van der Waals surface area contributed by atoms with E-state index in [1.165, 1.54) is 23.1 Å². The number of hydrogen-bond donors (Lipinski definition) is 0. The molecule has 0 spiro atoms. The van der Waals surface area contributed by atoms with Gasteiger partial charge in [0.15, 0.2) is 0 Å². The predicted octanol–water partition coefficient (Wildman–Crippen LogP) is 7.31. The van der Waals surface area contributed by atoms with E-state index in [9.17, 15) is 0 Å². The Morgan fingerprint density at radius 1 is 0.667 bits per heavy atom. The molecule has 27 heavy (non-hydrogen) atoms. The standard InChI is InChI=1S/C26H25Cl/c1-3-5-20-7-9-22(10-8-20)13-16-24-17-18-25(19-26(24)27)23-14-11-21(6-4-2)12-15-23/h7-12,14-15,17-19H,3-6H2,1-2H3. The Morgan fingerprint density at radius 2 is 1.22 bits per heavy atom. The summed E-state index contributed by atoms with van der Waals surface area (Å²) in [5, 5.41) is 0.695. The molecule has 0 amide bonds. The van der Waals surface area contributed by atoms with Gasteiger partial charge in [0, 0.05) is 11.1 Å². The van der Waals surface area contributed by atoms with Crippen LogP contribution in [0.5, 0.6) is 0 Å². The first-order chi connectivity index (χ1) is 13.2. The largest absolute Gasteiger partial charge is 0.0830 e. The minimum atomic E-state index is 0.695. The van der Waals surface area contributed by atoms with Crippen LogP contribution in [0.1, 0.15) is 48.9 Å². The average Bonchev–Trinajstić information content (AvgIpc) is 2.69. The third-order valence-corrected chi connectivity index (χ3v) is 4.94. The highest BCUT2D eigenvalue weighted by Crippen LogP contribution is 2.26. The summed E-state index contributed by atoms with van der Waals surface area (Å²) in [6.07, 6.45) is 4.56. The molecule has 0 aliphatic heterocycles. The van der Waals surface area contributed by atoms with Gasteiger partial charge in [0.25, 0.3) is 0 Å². The van der Waals surface area contributed by atoms with Gasteiger partial charge in [-0.05, 0) is 59.4 Å². The van der Waals surface area contributed by atoms with Crippen molar-refractivity contribution >= 4 is 11.6 Å². The summed E-state index contributed by atoms with van der Waals surface area (Å²) in [4.78, 5) is 0. The zero-order valence-corrected chi connectivity index (χ0v) is 16.8. The SMILES string of the molecule is CCCc1ccc(C#Cc2ccc(-c3ccc(CCC)cc3)cc2Cl)cc1. The van der Waals surface area contributed by atoms with E-state index in [1.54, 1.807) is 0 Å². The second-order valence-corrected chi connectivity index (χ2v) is 7.25. The van der Waals surface area contributed by atoms with Gasteiger partial charge < -0.3 is 0 Å². The zero-order chi connectivity index (χ0) is 19.1. The fraction of sp³-hybridized carbons (Fsp3) is 0.231. The fourth-order valence-corrected chi connectivity index (χ4v) is 3.36. The van der Waals surface area contributed by atoms with Gasteiger partial charge in [0.05, 0.1) is 5.02 Å². The van der Waals surface area contributed by atoms with E-state index in [0.717, 1.165) is 36.0 Å². The first kappa shape index (κ1) is 19.3. The molecule has 0 radical (unpaired) electrons. The molecular weight excluding hydrogens is 348 g/mol. The van der Waals surface area contributed by atoms with Crippen LogP contribution in [-0.4, -0.2) is 0 Å². The molecule has 0 aromatic heterocycles. The van der Waals surface area contributed by atoms with E-state index in [1.807, 2.05) is 12.1 Å². The minimum Gasteiger partial charge on any atom is -0.0830 e. The first-order valence-electron chi connectivity index (χ1n) is 9.69. The Balaban J connectivity index is 1.77. The maximum atomic E-state index is 6.49. The molecular formula is C26H25Cl. The van der Waals surface area contributed by atoms with Crippen molar-refractivity contribution in [3.63, 3.8) is 0 Å². The van der Waals surface area contributed by atoms with Crippen LogP contribution in [0, 0.1) is 11.8 Å². The summed E-state index contributed by atoms with van der Waals surface area (Å²) in [6.45, 7) is 4.39. The maximum absolute atomic E-state index is 6.49. The topological polar surface area (TPSA) is 0 Å². The third-order valence-electron chi connectivity index (χ3n) is 4.63. The van der Waals surface area contributed by atoms with E-state index in [2.05, 4.69) is 80.3 Å². The van der Waals surface area contributed by atoms with E-state index in [4.69, 9.17) is 11.6 Å². The van der Waals surface area contributed by atoms with Crippen LogP contribution in [0.2, 0.25) is 5.02 Å². The maximum Gasteiger partial charge on any atom is 0.0568 e. The number of benzene rings is 3. The Labute approximate surface area is 168 Å². The van der Waals surface area contributed by atoms with Gasteiger partial charge in [0.1, 0.15) is 0 Å². The molecule has 3 aromatic carbocycles. The van der Waals surface area contributed by atoms with Crippen molar-refractivity contribution in [3.8, 4) is 23.0 Å². The second kappa shape index (κ2) is 9.45. The monoisotopic (exact) mass is 372 g/mol. The van der Waals surface area contributed by atoms with E-state index < -0.39 is 0 Å². The van der Waals surface area contributed by atoms with Crippen LogP contribution < -0.4 is 0 Å². The van der Waals surface area contributed by atoms with Crippen molar-refractivity contribution in [3.05, 3.63) is 94.0 Å². The fourth-order valence-electron chi connectivity index (χ4n) is 3.13. The van der Waals surface area contributed by atoms with Crippen LogP contribution >= 0.6 is 11.6 Å².